The summed E-state index contributed by atoms with van der Waals surface area (Å²) in [7, 11) is 0. The monoisotopic (exact) mass is 291 g/mol. The van der Waals surface area contributed by atoms with E-state index in [-0.39, 0.29) is 0 Å². The Morgan fingerprint density at radius 3 is 3.10 bits per heavy atom. The first-order valence-corrected chi connectivity index (χ1v) is 9.04. The third-order valence-electron chi connectivity index (χ3n) is 4.31. The lowest BCUT2D eigenvalue weighted by atomic mass is 9.94. The highest BCUT2D eigenvalue weighted by atomic mass is 32.2. The fourth-order valence-electron chi connectivity index (χ4n) is 3.35. The van der Waals surface area contributed by atoms with Gasteiger partial charge in [-0.2, -0.15) is 11.8 Å². The minimum absolute atomic E-state index is 0.443. The van der Waals surface area contributed by atoms with Crippen LogP contribution in [0.25, 0.3) is 0 Å². The molecule has 1 aromatic rings. The lowest BCUT2D eigenvalue weighted by Gasteiger charge is -2.33. The van der Waals surface area contributed by atoms with Crippen molar-refractivity contribution in [2.24, 2.45) is 0 Å². The second-order valence-electron chi connectivity index (χ2n) is 5.73. The van der Waals surface area contributed by atoms with Crippen LogP contribution in [0.4, 0.5) is 0 Å². The first-order chi connectivity index (χ1) is 9.90. The van der Waals surface area contributed by atoms with E-state index in [0.717, 1.165) is 19.6 Å². The van der Waals surface area contributed by atoms with Crippen molar-refractivity contribution in [2.45, 2.75) is 50.3 Å². The van der Waals surface area contributed by atoms with Crippen LogP contribution in [-0.4, -0.2) is 24.2 Å². The van der Waals surface area contributed by atoms with E-state index in [2.05, 4.69) is 42.2 Å². The minimum Gasteiger partial charge on any atom is -0.493 e. The number of hydrogen-bond donors (Lipinski definition) is 1. The predicted octanol–water partition coefficient (Wildman–Crippen LogP) is 3.95. The lowest BCUT2D eigenvalue weighted by molar-refractivity contribution is 0.281. The van der Waals surface area contributed by atoms with Crippen molar-refractivity contribution in [3.8, 4) is 5.75 Å². The fourth-order valence-corrected chi connectivity index (χ4v) is 4.79. The molecular weight excluding hydrogens is 266 g/mol. The summed E-state index contributed by atoms with van der Waals surface area (Å²) in [6, 6.07) is 7.15. The van der Waals surface area contributed by atoms with E-state index in [4.69, 9.17) is 4.74 Å². The molecule has 0 bridgehead atoms. The van der Waals surface area contributed by atoms with Crippen LogP contribution in [0.15, 0.2) is 18.2 Å². The maximum atomic E-state index is 6.02. The quantitative estimate of drug-likeness (QED) is 0.907. The van der Waals surface area contributed by atoms with Gasteiger partial charge < -0.3 is 10.1 Å². The normalized spacial score (nSPS) is 23.8. The van der Waals surface area contributed by atoms with Gasteiger partial charge in [0.15, 0.2) is 0 Å². The number of fused-ring (bicyclic) bond motifs is 1. The molecule has 110 valence electrons. The molecular formula is C17H25NOS. The standard InChI is InChI=1S/C17H25NOS/c1-2-18-16(15-10-3-4-12-20-15)14-9-5-7-13-8-6-11-19-17(13)14/h5,7,9,15-16,18H,2-4,6,8,10-12H2,1H3. The Hall–Kier alpha value is -0.670. The third-order valence-corrected chi connectivity index (χ3v) is 5.77. The van der Waals surface area contributed by atoms with Gasteiger partial charge in [-0.05, 0) is 43.5 Å². The summed E-state index contributed by atoms with van der Waals surface area (Å²) in [5.41, 5.74) is 2.79. The molecule has 0 aromatic heterocycles. The molecule has 2 aliphatic heterocycles. The number of nitrogens with one attached hydrogen (secondary N) is 1. The van der Waals surface area contributed by atoms with Crippen molar-refractivity contribution in [3.63, 3.8) is 0 Å². The number of aryl methyl sites for hydroxylation is 1. The van der Waals surface area contributed by atoms with Crippen molar-refractivity contribution in [1.29, 1.82) is 0 Å². The Labute approximate surface area is 126 Å². The molecule has 20 heavy (non-hydrogen) atoms. The van der Waals surface area contributed by atoms with E-state index in [9.17, 15) is 0 Å². The zero-order valence-corrected chi connectivity index (χ0v) is 13.2. The molecule has 1 N–H and O–H groups in total. The van der Waals surface area contributed by atoms with E-state index in [1.807, 2.05) is 0 Å². The van der Waals surface area contributed by atoms with Gasteiger partial charge in [0.25, 0.3) is 0 Å². The first-order valence-electron chi connectivity index (χ1n) is 7.99. The number of ether oxygens (including phenoxy) is 1. The topological polar surface area (TPSA) is 21.3 Å². The molecule has 3 heteroatoms. The molecule has 2 unspecified atom stereocenters. The van der Waals surface area contributed by atoms with E-state index in [1.165, 1.54) is 48.3 Å². The summed E-state index contributed by atoms with van der Waals surface area (Å²) in [5, 5.41) is 4.41. The van der Waals surface area contributed by atoms with Crippen LogP contribution in [0.5, 0.6) is 5.75 Å². The van der Waals surface area contributed by atoms with Crippen LogP contribution in [0.1, 0.15) is 49.8 Å². The first kappa shape index (κ1) is 14.3. The average molecular weight is 291 g/mol. The average Bonchev–Trinajstić information content (AvgIpc) is 2.53. The van der Waals surface area contributed by atoms with Gasteiger partial charge in [0, 0.05) is 16.9 Å². The van der Waals surface area contributed by atoms with Crippen molar-refractivity contribution in [3.05, 3.63) is 29.3 Å². The van der Waals surface area contributed by atoms with Gasteiger partial charge in [0.1, 0.15) is 5.75 Å². The van der Waals surface area contributed by atoms with Crippen molar-refractivity contribution < 1.29 is 4.74 Å². The number of para-hydroxylation sites is 1. The second kappa shape index (κ2) is 6.86. The summed E-state index contributed by atoms with van der Waals surface area (Å²) in [6.45, 7) is 4.10. The smallest absolute Gasteiger partial charge is 0.127 e. The van der Waals surface area contributed by atoms with Crippen LogP contribution >= 0.6 is 11.8 Å². The number of hydrogen-bond acceptors (Lipinski definition) is 3. The highest BCUT2D eigenvalue weighted by Crippen LogP contribution is 2.40. The van der Waals surface area contributed by atoms with Crippen molar-refractivity contribution in [1.82, 2.24) is 5.32 Å². The summed E-state index contributed by atoms with van der Waals surface area (Å²) >= 11 is 2.14. The number of rotatable bonds is 4. The SMILES string of the molecule is CCNC(c1cccc2c1OCCC2)C1CCCCS1. The molecule has 0 spiro atoms. The molecule has 1 aromatic carbocycles. The van der Waals surface area contributed by atoms with Gasteiger partial charge >= 0.3 is 0 Å². The van der Waals surface area contributed by atoms with Crippen molar-refractivity contribution in [2.75, 3.05) is 18.9 Å². The molecule has 2 atom stereocenters. The molecule has 1 saturated heterocycles. The third kappa shape index (κ3) is 2.99. The second-order valence-corrected chi connectivity index (χ2v) is 7.07. The fraction of sp³-hybridized carbons (Fsp3) is 0.647. The predicted molar refractivity (Wildman–Crippen MR) is 86.8 cm³/mol. The van der Waals surface area contributed by atoms with Gasteiger partial charge in [-0.1, -0.05) is 31.5 Å². The van der Waals surface area contributed by atoms with Gasteiger partial charge in [0.05, 0.1) is 6.61 Å². The van der Waals surface area contributed by atoms with E-state index in [1.54, 1.807) is 0 Å². The number of thioether (sulfide) groups is 1. The minimum atomic E-state index is 0.443. The van der Waals surface area contributed by atoms with Crippen LogP contribution in [-0.2, 0) is 6.42 Å². The Bertz CT molecular complexity index is 443. The van der Waals surface area contributed by atoms with Gasteiger partial charge in [-0.3, -0.25) is 0 Å². The van der Waals surface area contributed by atoms with Gasteiger partial charge in [-0.15, -0.1) is 0 Å². The molecule has 2 nitrogen and oxygen atoms in total. The van der Waals surface area contributed by atoms with Crippen LogP contribution in [0, 0.1) is 0 Å². The van der Waals surface area contributed by atoms with E-state index >= 15 is 0 Å². The lowest BCUT2D eigenvalue weighted by Crippen LogP contribution is -2.32. The molecule has 3 rings (SSSR count). The van der Waals surface area contributed by atoms with E-state index < -0.39 is 0 Å². The molecule has 2 aliphatic rings. The molecule has 0 radical (unpaired) electrons. The highest BCUT2D eigenvalue weighted by Gasteiger charge is 2.28. The van der Waals surface area contributed by atoms with Crippen LogP contribution in [0.2, 0.25) is 0 Å². The molecule has 0 saturated carbocycles. The van der Waals surface area contributed by atoms with Crippen LogP contribution in [0.3, 0.4) is 0 Å². The molecule has 1 fully saturated rings. The Balaban J connectivity index is 1.90. The molecule has 2 heterocycles. The highest BCUT2D eigenvalue weighted by molar-refractivity contribution is 8.00. The molecule has 0 aliphatic carbocycles. The molecule has 0 amide bonds. The summed E-state index contributed by atoms with van der Waals surface area (Å²) < 4.78 is 6.02. The Kier molecular flexibility index (Phi) is 4.90. The largest absolute Gasteiger partial charge is 0.493 e. The van der Waals surface area contributed by atoms with Gasteiger partial charge in [0.2, 0.25) is 0 Å². The van der Waals surface area contributed by atoms with Gasteiger partial charge in [-0.25, -0.2) is 0 Å². The maximum Gasteiger partial charge on any atom is 0.127 e. The zero-order valence-electron chi connectivity index (χ0n) is 12.4. The maximum absolute atomic E-state index is 6.02. The van der Waals surface area contributed by atoms with Crippen LogP contribution < -0.4 is 10.1 Å². The summed E-state index contributed by atoms with van der Waals surface area (Å²) in [6.07, 6.45) is 6.39. The number of benzene rings is 1. The Morgan fingerprint density at radius 2 is 2.30 bits per heavy atom. The summed E-state index contributed by atoms with van der Waals surface area (Å²) in [5.74, 6) is 2.48. The van der Waals surface area contributed by atoms with Crippen molar-refractivity contribution >= 4 is 11.8 Å². The zero-order chi connectivity index (χ0) is 13.8. The van der Waals surface area contributed by atoms with E-state index in [0.29, 0.717) is 11.3 Å². The Morgan fingerprint density at radius 1 is 1.35 bits per heavy atom. The summed E-state index contributed by atoms with van der Waals surface area (Å²) in [4.78, 5) is 0.